The molecular formula is C28H34N6O3. The number of H-pyrrole nitrogens is 1. The highest BCUT2D eigenvalue weighted by molar-refractivity contribution is 5.83. The summed E-state index contributed by atoms with van der Waals surface area (Å²) in [7, 11) is 0. The van der Waals surface area contributed by atoms with Crippen molar-refractivity contribution in [3.63, 3.8) is 0 Å². The van der Waals surface area contributed by atoms with Gasteiger partial charge in [0.15, 0.2) is 17.3 Å². The molecule has 2 aromatic heterocycles. The van der Waals surface area contributed by atoms with Crippen molar-refractivity contribution in [2.24, 2.45) is 0 Å². The summed E-state index contributed by atoms with van der Waals surface area (Å²) >= 11 is 0. The molecule has 1 aliphatic rings. The molecule has 194 valence electrons. The third-order valence-corrected chi connectivity index (χ3v) is 7.35. The van der Waals surface area contributed by atoms with Gasteiger partial charge >= 0.3 is 0 Å². The van der Waals surface area contributed by atoms with Gasteiger partial charge in [-0.2, -0.15) is 0 Å². The second-order valence-electron chi connectivity index (χ2n) is 10.3. The van der Waals surface area contributed by atoms with Crippen LogP contribution in [0.2, 0.25) is 0 Å². The van der Waals surface area contributed by atoms with Gasteiger partial charge in [-0.25, -0.2) is 4.68 Å². The monoisotopic (exact) mass is 502 g/mol. The number of benzene rings is 2. The average Bonchev–Trinajstić information content (AvgIpc) is 3.55. The van der Waals surface area contributed by atoms with Crippen LogP contribution in [0.25, 0.3) is 10.9 Å². The van der Waals surface area contributed by atoms with E-state index >= 15 is 0 Å². The standard InChI is InChI=1S/C28H34N6O3/c1-6-23(26-30-31-32-34(26)28(4,5)7-2)33(15-19-10-8-18(3)9-11-19)16-21-12-20-13-24-25(37-17-36-24)14-22(20)29-27(21)35/h8-14,23H,6-7,15-17H2,1-5H3,(H,29,35)/t23-/m1/s1. The summed E-state index contributed by atoms with van der Waals surface area (Å²) in [5.74, 6) is 2.14. The van der Waals surface area contributed by atoms with Crippen LogP contribution in [-0.4, -0.2) is 36.9 Å². The van der Waals surface area contributed by atoms with Crippen molar-refractivity contribution >= 4 is 10.9 Å². The molecule has 9 nitrogen and oxygen atoms in total. The number of nitrogens with zero attached hydrogens (tertiary/aromatic N) is 5. The SMILES string of the molecule is CC[C@H](c1nnnn1C(C)(C)CC)N(Cc1ccc(C)cc1)Cc1cc2cc3c(cc2[nH]c1=O)OCO3. The van der Waals surface area contributed by atoms with Crippen LogP contribution < -0.4 is 15.0 Å². The average molecular weight is 503 g/mol. The first kappa shape index (κ1) is 25.0. The molecule has 0 unspecified atom stereocenters. The third kappa shape index (κ3) is 4.96. The molecule has 0 saturated carbocycles. The van der Waals surface area contributed by atoms with Gasteiger partial charge in [-0.3, -0.25) is 9.69 Å². The predicted molar refractivity (Wildman–Crippen MR) is 142 cm³/mol. The van der Waals surface area contributed by atoms with Crippen LogP contribution in [-0.2, 0) is 18.6 Å². The summed E-state index contributed by atoms with van der Waals surface area (Å²) < 4.78 is 13.0. The molecule has 0 bridgehead atoms. The third-order valence-electron chi connectivity index (χ3n) is 7.35. The number of ether oxygens (including phenoxy) is 2. The summed E-state index contributed by atoms with van der Waals surface area (Å²) in [6.45, 7) is 11.9. The van der Waals surface area contributed by atoms with Crippen molar-refractivity contribution in [1.29, 1.82) is 0 Å². The molecule has 1 atom stereocenters. The Balaban J connectivity index is 1.55. The molecule has 4 aromatic rings. The lowest BCUT2D eigenvalue weighted by molar-refractivity contribution is 0.150. The molecule has 37 heavy (non-hydrogen) atoms. The fourth-order valence-corrected chi connectivity index (χ4v) is 4.77. The van der Waals surface area contributed by atoms with Crippen molar-refractivity contribution in [2.75, 3.05) is 6.79 Å². The van der Waals surface area contributed by atoms with Crippen molar-refractivity contribution in [2.45, 2.75) is 72.1 Å². The summed E-state index contributed by atoms with van der Waals surface area (Å²) in [5, 5.41) is 13.8. The predicted octanol–water partition coefficient (Wildman–Crippen LogP) is 4.85. The zero-order valence-corrected chi connectivity index (χ0v) is 22.1. The smallest absolute Gasteiger partial charge is 0.252 e. The first-order chi connectivity index (χ1) is 17.8. The van der Waals surface area contributed by atoms with E-state index in [2.05, 4.69) is 84.3 Å². The zero-order chi connectivity index (χ0) is 26.2. The Morgan fingerprint density at radius 1 is 1.08 bits per heavy atom. The molecule has 9 heteroatoms. The number of rotatable bonds is 9. The number of aryl methyl sites for hydroxylation is 1. The number of pyridine rings is 1. The first-order valence-corrected chi connectivity index (χ1v) is 12.8. The first-order valence-electron chi connectivity index (χ1n) is 12.8. The molecule has 0 aliphatic carbocycles. The molecule has 0 radical (unpaired) electrons. The quantitative estimate of drug-likeness (QED) is 0.349. The maximum Gasteiger partial charge on any atom is 0.252 e. The lowest BCUT2D eigenvalue weighted by Gasteiger charge is -2.33. The highest BCUT2D eigenvalue weighted by Crippen LogP contribution is 2.36. The Morgan fingerprint density at radius 3 is 2.51 bits per heavy atom. The van der Waals surface area contributed by atoms with E-state index < -0.39 is 0 Å². The van der Waals surface area contributed by atoms with Crippen LogP contribution in [0.4, 0.5) is 0 Å². The minimum Gasteiger partial charge on any atom is -0.454 e. The lowest BCUT2D eigenvalue weighted by Crippen LogP contribution is -2.36. The Hall–Kier alpha value is -3.72. The second kappa shape index (κ2) is 9.97. The van der Waals surface area contributed by atoms with E-state index in [1.54, 1.807) is 0 Å². The highest BCUT2D eigenvalue weighted by Gasteiger charge is 2.31. The van der Waals surface area contributed by atoms with Crippen molar-refractivity contribution in [3.8, 4) is 11.5 Å². The molecule has 0 fully saturated rings. The van der Waals surface area contributed by atoms with Crippen LogP contribution in [0.5, 0.6) is 11.5 Å². The van der Waals surface area contributed by atoms with Crippen LogP contribution in [0.15, 0.2) is 47.3 Å². The fraction of sp³-hybridized carbons (Fsp3) is 0.429. The Kier molecular flexibility index (Phi) is 6.72. The number of aromatic amines is 1. The summed E-state index contributed by atoms with van der Waals surface area (Å²) in [6.07, 6.45) is 1.68. The van der Waals surface area contributed by atoms with Crippen LogP contribution in [0, 0.1) is 6.92 Å². The second-order valence-corrected chi connectivity index (χ2v) is 10.3. The summed E-state index contributed by atoms with van der Waals surface area (Å²) in [5.41, 5.74) is 3.42. The maximum atomic E-state index is 13.2. The van der Waals surface area contributed by atoms with Gasteiger partial charge < -0.3 is 14.5 Å². The van der Waals surface area contributed by atoms with Gasteiger partial charge in [-0.05, 0) is 61.7 Å². The van der Waals surface area contributed by atoms with Gasteiger partial charge in [0, 0.05) is 30.1 Å². The van der Waals surface area contributed by atoms with Gasteiger partial charge in [0.25, 0.3) is 5.56 Å². The van der Waals surface area contributed by atoms with Crippen molar-refractivity contribution in [3.05, 3.63) is 75.3 Å². The summed E-state index contributed by atoms with van der Waals surface area (Å²) in [4.78, 5) is 18.6. The maximum absolute atomic E-state index is 13.2. The van der Waals surface area contributed by atoms with Gasteiger partial charge in [0.1, 0.15) is 0 Å². The summed E-state index contributed by atoms with van der Waals surface area (Å²) in [6, 6.07) is 14.1. The number of nitrogens with one attached hydrogen (secondary N) is 1. The topological polar surface area (TPSA) is 98.2 Å². The molecule has 0 spiro atoms. The Bertz CT molecular complexity index is 1460. The van der Waals surface area contributed by atoms with Crippen molar-refractivity contribution < 1.29 is 9.47 Å². The molecular weight excluding hydrogens is 468 g/mol. The molecule has 0 amide bonds. The van der Waals surface area contributed by atoms with E-state index in [0.29, 0.717) is 30.2 Å². The fourth-order valence-electron chi connectivity index (χ4n) is 4.77. The van der Waals surface area contributed by atoms with E-state index in [1.807, 2.05) is 22.9 Å². The molecule has 3 heterocycles. The van der Waals surface area contributed by atoms with Crippen molar-refractivity contribution in [1.82, 2.24) is 30.1 Å². The van der Waals surface area contributed by atoms with E-state index in [0.717, 1.165) is 29.6 Å². The zero-order valence-electron chi connectivity index (χ0n) is 22.1. The van der Waals surface area contributed by atoms with Crippen LogP contribution in [0.1, 0.15) is 69.1 Å². The minimum absolute atomic E-state index is 0.0889. The van der Waals surface area contributed by atoms with Gasteiger partial charge in [0.05, 0.1) is 17.1 Å². The van der Waals surface area contributed by atoms with E-state index in [9.17, 15) is 4.79 Å². The Morgan fingerprint density at radius 2 is 1.81 bits per heavy atom. The van der Waals surface area contributed by atoms with E-state index in [-0.39, 0.29) is 23.9 Å². The number of tetrazole rings is 1. The Labute approximate surface area is 216 Å². The largest absolute Gasteiger partial charge is 0.454 e. The number of fused-ring (bicyclic) bond motifs is 2. The number of hydrogen-bond donors (Lipinski definition) is 1. The highest BCUT2D eigenvalue weighted by atomic mass is 16.7. The minimum atomic E-state index is -0.231. The van der Waals surface area contributed by atoms with E-state index in [4.69, 9.17) is 9.47 Å². The van der Waals surface area contributed by atoms with Gasteiger partial charge in [0.2, 0.25) is 6.79 Å². The molecule has 1 N–H and O–H groups in total. The number of aromatic nitrogens is 5. The molecule has 0 saturated heterocycles. The molecule has 1 aliphatic heterocycles. The lowest BCUT2D eigenvalue weighted by atomic mass is 10.0. The van der Waals surface area contributed by atoms with Gasteiger partial charge in [-0.15, -0.1) is 5.10 Å². The van der Waals surface area contributed by atoms with Gasteiger partial charge in [-0.1, -0.05) is 43.7 Å². The number of hydrogen-bond acceptors (Lipinski definition) is 7. The van der Waals surface area contributed by atoms with Crippen LogP contribution >= 0.6 is 0 Å². The normalized spacial score (nSPS) is 14.0. The van der Waals surface area contributed by atoms with E-state index in [1.165, 1.54) is 11.1 Å². The molecule has 5 rings (SSSR count). The van der Waals surface area contributed by atoms with Crippen LogP contribution in [0.3, 0.4) is 0 Å². The molecule has 2 aromatic carbocycles.